The highest BCUT2D eigenvalue weighted by molar-refractivity contribution is 6.70. The third-order valence-corrected chi connectivity index (χ3v) is 4.12. The molecule has 0 aromatic heterocycles. The van der Waals surface area contributed by atoms with Crippen LogP contribution in [0.2, 0.25) is 0 Å². The summed E-state index contributed by atoms with van der Waals surface area (Å²) < 4.78 is 0. The lowest BCUT2D eigenvalue weighted by molar-refractivity contribution is -0.111. The average molecular weight is 334 g/mol. The SMILES string of the molecule is Cc1ccc(N/N=C(/C(N)=O)C2=NC(C)(C)Cc3ccccc32)cc1. The van der Waals surface area contributed by atoms with Crippen molar-refractivity contribution in [2.24, 2.45) is 15.8 Å². The maximum absolute atomic E-state index is 12.1. The molecule has 0 radical (unpaired) electrons. The largest absolute Gasteiger partial charge is 0.364 e. The number of nitrogens with zero attached hydrogens (tertiary/aromatic N) is 2. The number of hydrazone groups is 1. The Hall–Kier alpha value is -2.95. The van der Waals surface area contributed by atoms with Gasteiger partial charge in [-0.15, -0.1) is 0 Å². The van der Waals surface area contributed by atoms with Gasteiger partial charge in [0, 0.05) is 5.56 Å². The molecule has 2 aromatic rings. The van der Waals surface area contributed by atoms with Gasteiger partial charge >= 0.3 is 0 Å². The van der Waals surface area contributed by atoms with Crippen molar-refractivity contribution in [1.29, 1.82) is 0 Å². The van der Waals surface area contributed by atoms with Gasteiger partial charge in [-0.3, -0.25) is 15.2 Å². The van der Waals surface area contributed by atoms with Crippen molar-refractivity contribution >= 4 is 23.0 Å². The molecule has 1 aliphatic heterocycles. The summed E-state index contributed by atoms with van der Waals surface area (Å²) in [4.78, 5) is 16.8. The van der Waals surface area contributed by atoms with E-state index in [0.717, 1.165) is 28.8 Å². The van der Waals surface area contributed by atoms with Gasteiger partial charge in [-0.25, -0.2) is 0 Å². The molecule has 0 saturated heterocycles. The van der Waals surface area contributed by atoms with Crippen molar-refractivity contribution in [2.75, 3.05) is 5.43 Å². The molecular weight excluding hydrogens is 312 g/mol. The summed E-state index contributed by atoms with van der Waals surface area (Å²) in [5.74, 6) is -0.606. The highest BCUT2D eigenvalue weighted by atomic mass is 16.1. The number of rotatable bonds is 4. The van der Waals surface area contributed by atoms with E-state index in [2.05, 4.69) is 16.6 Å². The Balaban J connectivity index is 2.02. The van der Waals surface area contributed by atoms with Crippen LogP contribution in [0.1, 0.15) is 30.5 Å². The molecule has 128 valence electrons. The third-order valence-electron chi connectivity index (χ3n) is 4.12. The normalized spacial score (nSPS) is 16.0. The van der Waals surface area contributed by atoms with Gasteiger partial charge in [0.25, 0.3) is 5.91 Å². The van der Waals surface area contributed by atoms with E-state index >= 15 is 0 Å². The van der Waals surface area contributed by atoms with Crippen molar-refractivity contribution in [1.82, 2.24) is 0 Å². The van der Waals surface area contributed by atoms with Crippen LogP contribution in [0.4, 0.5) is 5.69 Å². The molecule has 1 aliphatic rings. The standard InChI is InChI=1S/C20H22N4O/c1-13-8-10-15(11-9-13)23-24-18(19(21)25)17-16-7-5-4-6-14(16)12-20(2,3)22-17/h4-11,23H,12H2,1-3H3,(H2,21,25)/b24-18+. The van der Waals surface area contributed by atoms with Crippen molar-refractivity contribution in [2.45, 2.75) is 32.7 Å². The number of hydrogen-bond donors (Lipinski definition) is 2. The molecular formula is C20H22N4O. The Labute approximate surface area is 147 Å². The van der Waals surface area contributed by atoms with Crippen molar-refractivity contribution < 1.29 is 4.79 Å². The average Bonchev–Trinajstić information content (AvgIpc) is 2.55. The van der Waals surface area contributed by atoms with E-state index in [1.807, 2.05) is 63.2 Å². The first-order chi connectivity index (χ1) is 11.9. The fraction of sp³-hybridized carbons (Fsp3) is 0.250. The second kappa shape index (κ2) is 6.51. The molecule has 0 bridgehead atoms. The number of primary amides is 1. The second-order valence-corrected chi connectivity index (χ2v) is 6.91. The topological polar surface area (TPSA) is 79.8 Å². The molecule has 0 saturated carbocycles. The summed E-state index contributed by atoms with van der Waals surface area (Å²) in [6, 6.07) is 15.7. The van der Waals surface area contributed by atoms with Gasteiger partial charge in [0.2, 0.25) is 0 Å². The van der Waals surface area contributed by atoms with Gasteiger partial charge in [0.1, 0.15) is 0 Å². The first kappa shape index (κ1) is 16.9. The van der Waals surface area contributed by atoms with E-state index in [4.69, 9.17) is 10.7 Å². The highest BCUT2D eigenvalue weighted by Crippen LogP contribution is 2.27. The number of fused-ring (bicyclic) bond motifs is 1. The number of anilines is 1. The van der Waals surface area contributed by atoms with Crippen molar-refractivity contribution in [3.63, 3.8) is 0 Å². The van der Waals surface area contributed by atoms with Crippen molar-refractivity contribution in [3.8, 4) is 0 Å². The Morgan fingerprint density at radius 3 is 2.52 bits per heavy atom. The number of nitrogens with two attached hydrogens (primary N) is 1. The highest BCUT2D eigenvalue weighted by Gasteiger charge is 2.30. The van der Waals surface area contributed by atoms with Gasteiger partial charge in [-0.05, 0) is 44.9 Å². The molecule has 0 spiro atoms. The third kappa shape index (κ3) is 3.76. The van der Waals surface area contributed by atoms with E-state index in [1.165, 1.54) is 0 Å². The van der Waals surface area contributed by atoms with Crippen LogP contribution < -0.4 is 11.2 Å². The number of carbonyl (C=O) groups excluding carboxylic acids is 1. The lowest BCUT2D eigenvalue weighted by Crippen LogP contribution is -2.38. The zero-order valence-electron chi connectivity index (χ0n) is 14.7. The molecule has 0 unspecified atom stereocenters. The zero-order chi connectivity index (χ0) is 18.0. The molecule has 0 aliphatic carbocycles. The summed E-state index contributed by atoms with van der Waals surface area (Å²) in [5.41, 5.74) is 12.9. The minimum Gasteiger partial charge on any atom is -0.364 e. The minimum absolute atomic E-state index is 0.140. The van der Waals surface area contributed by atoms with Crippen molar-refractivity contribution in [3.05, 3.63) is 65.2 Å². The summed E-state index contributed by atoms with van der Waals surface area (Å²) in [6.45, 7) is 6.08. The van der Waals surface area contributed by atoms with Crippen LogP contribution >= 0.6 is 0 Å². The minimum atomic E-state index is -0.606. The maximum atomic E-state index is 12.1. The summed E-state index contributed by atoms with van der Waals surface area (Å²) in [7, 11) is 0. The monoisotopic (exact) mass is 334 g/mol. The van der Waals surface area contributed by atoms with Crippen LogP contribution in [-0.4, -0.2) is 22.9 Å². The fourth-order valence-electron chi connectivity index (χ4n) is 2.93. The van der Waals surface area contributed by atoms with Gasteiger partial charge in [-0.1, -0.05) is 42.0 Å². The molecule has 1 heterocycles. The van der Waals surface area contributed by atoms with Crippen LogP contribution in [-0.2, 0) is 11.2 Å². The molecule has 25 heavy (non-hydrogen) atoms. The van der Waals surface area contributed by atoms with Gasteiger partial charge < -0.3 is 5.73 Å². The number of aliphatic imine (C=N–C) groups is 1. The Bertz CT molecular complexity index is 864. The molecule has 3 rings (SSSR count). The number of hydrogen-bond acceptors (Lipinski definition) is 4. The first-order valence-electron chi connectivity index (χ1n) is 8.24. The molecule has 5 nitrogen and oxygen atoms in total. The lowest BCUT2D eigenvalue weighted by Gasteiger charge is -2.28. The van der Waals surface area contributed by atoms with E-state index in [-0.39, 0.29) is 11.3 Å². The summed E-state index contributed by atoms with van der Waals surface area (Å²) in [5, 5.41) is 4.27. The number of benzene rings is 2. The number of aryl methyl sites for hydroxylation is 1. The van der Waals surface area contributed by atoms with E-state index in [0.29, 0.717) is 5.71 Å². The smallest absolute Gasteiger partial charge is 0.271 e. The fourth-order valence-corrected chi connectivity index (χ4v) is 2.93. The predicted octanol–water partition coefficient (Wildman–Crippen LogP) is 3.07. The lowest BCUT2D eigenvalue weighted by atomic mass is 9.85. The van der Waals surface area contributed by atoms with Crippen LogP contribution in [0.3, 0.4) is 0 Å². The Morgan fingerprint density at radius 2 is 1.84 bits per heavy atom. The Kier molecular flexibility index (Phi) is 4.40. The Morgan fingerprint density at radius 1 is 1.16 bits per heavy atom. The summed E-state index contributed by atoms with van der Waals surface area (Å²) in [6.07, 6.45) is 0.810. The number of carbonyl (C=O) groups is 1. The zero-order valence-corrected chi connectivity index (χ0v) is 14.7. The molecule has 3 N–H and O–H groups in total. The predicted molar refractivity (Wildman–Crippen MR) is 102 cm³/mol. The van der Waals surface area contributed by atoms with E-state index < -0.39 is 5.91 Å². The van der Waals surface area contributed by atoms with E-state index in [9.17, 15) is 4.79 Å². The van der Waals surface area contributed by atoms with Crippen LogP contribution in [0.25, 0.3) is 0 Å². The number of amides is 1. The quantitative estimate of drug-likeness (QED) is 0.665. The van der Waals surface area contributed by atoms with Crippen LogP contribution in [0, 0.1) is 6.92 Å². The molecule has 2 aromatic carbocycles. The maximum Gasteiger partial charge on any atom is 0.271 e. The van der Waals surface area contributed by atoms with Gasteiger partial charge in [-0.2, -0.15) is 5.10 Å². The van der Waals surface area contributed by atoms with Crippen LogP contribution in [0.5, 0.6) is 0 Å². The molecule has 0 fully saturated rings. The second-order valence-electron chi connectivity index (χ2n) is 6.91. The molecule has 1 amide bonds. The first-order valence-corrected chi connectivity index (χ1v) is 8.24. The number of nitrogens with one attached hydrogen (secondary N) is 1. The van der Waals surface area contributed by atoms with E-state index in [1.54, 1.807) is 0 Å². The summed E-state index contributed by atoms with van der Waals surface area (Å²) >= 11 is 0. The van der Waals surface area contributed by atoms with Gasteiger partial charge in [0.05, 0.1) is 16.9 Å². The molecule has 0 atom stereocenters. The van der Waals surface area contributed by atoms with Crippen LogP contribution in [0.15, 0.2) is 58.6 Å². The van der Waals surface area contributed by atoms with Gasteiger partial charge in [0.15, 0.2) is 5.71 Å². The molecule has 5 heteroatoms.